The molecule has 0 aliphatic carbocycles. The highest BCUT2D eigenvalue weighted by Gasteiger charge is 2.21. The van der Waals surface area contributed by atoms with Gasteiger partial charge in [0.15, 0.2) is 0 Å². The minimum absolute atomic E-state index is 0.00760. The fourth-order valence-electron chi connectivity index (χ4n) is 5.24. The third kappa shape index (κ3) is 6.15. The summed E-state index contributed by atoms with van der Waals surface area (Å²) < 4.78 is 16.3. The van der Waals surface area contributed by atoms with E-state index in [1.807, 2.05) is 61.7 Å². The van der Waals surface area contributed by atoms with Crippen LogP contribution in [0.1, 0.15) is 43.3 Å². The summed E-state index contributed by atoms with van der Waals surface area (Å²) in [4.78, 5) is 20.4. The molecule has 0 saturated carbocycles. The Morgan fingerprint density at radius 3 is 2.55 bits per heavy atom. The van der Waals surface area contributed by atoms with Crippen LogP contribution in [-0.2, 0) is 11.3 Å². The van der Waals surface area contributed by atoms with Crippen LogP contribution < -0.4 is 24.8 Å². The lowest BCUT2D eigenvalue weighted by Crippen LogP contribution is -2.32. The summed E-state index contributed by atoms with van der Waals surface area (Å²) in [6, 6.07) is 22.6. The fourth-order valence-corrected chi connectivity index (χ4v) is 8.70. The number of thiazole rings is 2. The maximum Gasteiger partial charge on any atom is 0.269 e. The molecular weight excluding hydrogens is 607 g/mol. The molecule has 0 radical (unpaired) electrons. The van der Waals surface area contributed by atoms with E-state index in [2.05, 4.69) is 48.6 Å². The summed E-state index contributed by atoms with van der Waals surface area (Å²) in [5, 5.41) is 5.48. The van der Waals surface area contributed by atoms with E-state index in [-0.39, 0.29) is 5.56 Å². The molecule has 0 fully saturated rings. The van der Waals surface area contributed by atoms with E-state index in [1.54, 1.807) is 34.4 Å². The third-order valence-electron chi connectivity index (χ3n) is 7.37. The van der Waals surface area contributed by atoms with Crippen molar-refractivity contribution in [3.8, 4) is 5.75 Å². The molecule has 5 aromatic rings. The van der Waals surface area contributed by atoms with E-state index in [4.69, 9.17) is 14.5 Å². The zero-order chi connectivity index (χ0) is 30.6. The lowest BCUT2D eigenvalue weighted by atomic mass is 10.1. The van der Waals surface area contributed by atoms with E-state index in [1.165, 1.54) is 0 Å². The predicted molar refractivity (Wildman–Crippen MR) is 186 cm³/mol. The van der Waals surface area contributed by atoms with Crippen molar-refractivity contribution in [1.82, 2.24) is 9.55 Å². The van der Waals surface area contributed by atoms with Gasteiger partial charge in [-0.2, -0.15) is 0 Å². The van der Waals surface area contributed by atoms with Crippen molar-refractivity contribution in [3.63, 3.8) is 0 Å². The Morgan fingerprint density at radius 1 is 1.00 bits per heavy atom. The van der Waals surface area contributed by atoms with Crippen LogP contribution in [0.5, 0.6) is 5.75 Å². The highest BCUT2D eigenvalue weighted by atomic mass is 32.2. The minimum Gasteiger partial charge on any atom is -0.494 e. The number of fused-ring (bicyclic) bond motifs is 2. The summed E-state index contributed by atoms with van der Waals surface area (Å²) in [7, 11) is 0. The fraction of sp³-hybridized carbons (Fsp3) is 0.257. The predicted octanol–water partition coefficient (Wildman–Crippen LogP) is 7.13. The van der Waals surface area contributed by atoms with Gasteiger partial charge in [-0.15, -0.1) is 22.7 Å². The van der Waals surface area contributed by atoms with Gasteiger partial charge < -0.3 is 14.8 Å². The molecule has 6 nitrogen and oxygen atoms in total. The van der Waals surface area contributed by atoms with Gasteiger partial charge in [-0.3, -0.25) is 9.36 Å². The smallest absolute Gasteiger partial charge is 0.269 e. The number of thioether (sulfide) groups is 1. The Bertz CT molecular complexity index is 1990. The molecule has 6 rings (SSSR count). The van der Waals surface area contributed by atoms with Crippen molar-refractivity contribution in [2.75, 3.05) is 25.1 Å². The standard InChI is InChI=1S/C35H35N3O3S3/c1-5-38-34(39)32(44-35(38)24(17-18-40-6-2)33-37-26-15-11-12-16-29(26)43-33)25(23-13-9-8-10-14-23)20-31-36-27-21-28(41-7-3)22(4)19-30(27)42-31/h8-16,19-21,36H,5-7,17-18H2,1-4H3/b31-20?,32-25-,35-24-. The van der Waals surface area contributed by atoms with Gasteiger partial charge in [-0.1, -0.05) is 54.2 Å². The molecule has 0 spiro atoms. The monoisotopic (exact) mass is 641 g/mol. The van der Waals surface area contributed by atoms with Crippen molar-refractivity contribution in [2.24, 2.45) is 0 Å². The Morgan fingerprint density at radius 2 is 1.80 bits per heavy atom. The minimum atomic E-state index is 0.00760. The van der Waals surface area contributed by atoms with E-state index >= 15 is 0 Å². The van der Waals surface area contributed by atoms with E-state index in [0.717, 1.165) is 63.5 Å². The van der Waals surface area contributed by atoms with Gasteiger partial charge in [0.05, 0.1) is 34.1 Å². The number of hydrogen-bond acceptors (Lipinski definition) is 8. The highest BCUT2D eigenvalue weighted by molar-refractivity contribution is 8.03. The van der Waals surface area contributed by atoms with Gasteiger partial charge in [0, 0.05) is 41.7 Å². The largest absolute Gasteiger partial charge is 0.494 e. The molecule has 1 aliphatic rings. The van der Waals surface area contributed by atoms with Gasteiger partial charge in [0.25, 0.3) is 5.56 Å². The molecule has 1 N–H and O–H groups in total. The Hall–Kier alpha value is -3.63. The molecule has 0 unspecified atom stereocenters. The molecule has 1 aliphatic heterocycles. The maximum atomic E-state index is 14.2. The SMILES string of the molecule is CCOCC/C(c1nc2ccccc2s1)=c1/s/c(=C(/C=C2Nc3cc(OCC)c(C)cc3S2)c2ccccc2)c(=O)n1CC. The number of para-hydroxylation sites is 1. The second-order valence-electron chi connectivity index (χ2n) is 10.3. The molecule has 0 atom stereocenters. The van der Waals surface area contributed by atoms with Crippen LogP contribution >= 0.6 is 34.4 Å². The van der Waals surface area contributed by atoms with Crippen LogP contribution in [0.4, 0.5) is 5.69 Å². The first-order valence-corrected chi connectivity index (χ1v) is 17.4. The molecule has 44 heavy (non-hydrogen) atoms. The maximum absolute atomic E-state index is 14.2. The first-order chi connectivity index (χ1) is 21.5. The summed E-state index contributed by atoms with van der Waals surface area (Å²) in [5.41, 5.74) is 6.04. The van der Waals surface area contributed by atoms with Crippen molar-refractivity contribution in [3.05, 3.63) is 114 Å². The summed E-state index contributed by atoms with van der Waals surface area (Å²) >= 11 is 4.89. The number of hydrogen-bond donors (Lipinski definition) is 1. The molecule has 0 bridgehead atoms. The number of anilines is 1. The van der Waals surface area contributed by atoms with Crippen molar-refractivity contribution in [2.45, 2.75) is 45.6 Å². The number of aromatic nitrogens is 2. The number of benzene rings is 3. The Balaban J connectivity index is 1.57. The average Bonchev–Trinajstić information content (AvgIpc) is 3.73. The van der Waals surface area contributed by atoms with Gasteiger partial charge in [0.2, 0.25) is 0 Å². The van der Waals surface area contributed by atoms with Crippen LogP contribution in [0.25, 0.3) is 21.4 Å². The van der Waals surface area contributed by atoms with Crippen molar-refractivity contribution < 1.29 is 9.47 Å². The van der Waals surface area contributed by atoms with Crippen LogP contribution in [-0.4, -0.2) is 29.4 Å². The van der Waals surface area contributed by atoms with E-state index < -0.39 is 0 Å². The van der Waals surface area contributed by atoms with E-state index in [9.17, 15) is 4.79 Å². The molecule has 0 amide bonds. The summed E-state index contributed by atoms with van der Waals surface area (Å²) in [6.07, 6.45) is 2.79. The summed E-state index contributed by atoms with van der Waals surface area (Å²) in [5.74, 6) is 0.881. The number of ether oxygens (including phenoxy) is 2. The third-order valence-corrected chi connectivity index (χ3v) is 10.7. The van der Waals surface area contributed by atoms with E-state index in [0.29, 0.717) is 37.3 Å². The summed E-state index contributed by atoms with van der Waals surface area (Å²) in [6.45, 7) is 10.5. The topological polar surface area (TPSA) is 65.4 Å². The number of aryl methyl sites for hydroxylation is 1. The second kappa shape index (κ2) is 13.6. The number of nitrogens with one attached hydrogen (secondary N) is 1. The molecule has 3 aromatic carbocycles. The lowest BCUT2D eigenvalue weighted by Gasteiger charge is -2.08. The van der Waals surface area contributed by atoms with Crippen LogP contribution in [0.2, 0.25) is 0 Å². The molecule has 0 saturated heterocycles. The first-order valence-electron chi connectivity index (χ1n) is 14.9. The second-order valence-corrected chi connectivity index (χ2v) is 13.4. The first kappa shape index (κ1) is 30.4. The quantitative estimate of drug-likeness (QED) is 0.164. The van der Waals surface area contributed by atoms with Gasteiger partial charge in [-0.05, 0) is 63.1 Å². The van der Waals surface area contributed by atoms with Crippen molar-refractivity contribution >= 4 is 61.5 Å². The molecule has 226 valence electrons. The molecule has 2 aromatic heterocycles. The van der Waals surface area contributed by atoms with Crippen molar-refractivity contribution in [1.29, 1.82) is 0 Å². The number of allylic oxidation sites excluding steroid dienone is 1. The lowest BCUT2D eigenvalue weighted by molar-refractivity contribution is 0.154. The number of rotatable bonds is 10. The molecule has 3 heterocycles. The zero-order valence-electron chi connectivity index (χ0n) is 25.3. The van der Waals surface area contributed by atoms with Gasteiger partial charge in [-0.25, -0.2) is 4.98 Å². The van der Waals surface area contributed by atoms with Gasteiger partial charge in [0.1, 0.15) is 20.0 Å². The molecular formula is C35H35N3O3S3. The Kier molecular flexibility index (Phi) is 9.37. The van der Waals surface area contributed by atoms with Gasteiger partial charge >= 0.3 is 0 Å². The Labute approximate surface area is 269 Å². The van der Waals surface area contributed by atoms with Crippen LogP contribution in [0.15, 0.2) is 87.5 Å². The normalized spacial score (nSPS) is 15.0. The highest BCUT2D eigenvalue weighted by Crippen LogP contribution is 2.44. The number of nitrogens with zero attached hydrogens (tertiary/aromatic N) is 2. The zero-order valence-corrected chi connectivity index (χ0v) is 27.8. The molecule has 9 heteroatoms. The van der Waals surface area contributed by atoms with Crippen LogP contribution in [0.3, 0.4) is 0 Å². The average molecular weight is 642 g/mol. The van der Waals surface area contributed by atoms with Crippen LogP contribution in [0, 0.1) is 6.92 Å².